The van der Waals surface area contributed by atoms with Crippen LogP contribution in [0.25, 0.3) is 11.0 Å². The molecule has 33 heavy (non-hydrogen) atoms. The summed E-state index contributed by atoms with van der Waals surface area (Å²) in [5.74, 6) is 0.884. The van der Waals surface area contributed by atoms with Crippen LogP contribution in [0, 0.1) is 0 Å². The van der Waals surface area contributed by atoms with Crippen LogP contribution in [0.1, 0.15) is 49.7 Å². The standard InChI is InChI=1S/C26H30N2O5/c1-26(2,3)33-25(30)27-18-13-15-28(16-14-18)24(29)23-21(17-31-19-9-5-4-6-10-19)20-11-7-8-12-22(20)32-23/h4-12,18H,13-17H2,1-3H3,(H,27,30). The van der Waals surface area contributed by atoms with Gasteiger partial charge in [0.1, 0.15) is 23.5 Å². The molecule has 1 saturated heterocycles. The Hall–Kier alpha value is -3.48. The van der Waals surface area contributed by atoms with Crippen molar-refractivity contribution in [1.82, 2.24) is 10.2 Å². The number of nitrogens with one attached hydrogen (secondary N) is 1. The molecule has 2 aromatic carbocycles. The zero-order valence-corrected chi connectivity index (χ0v) is 19.3. The van der Waals surface area contributed by atoms with Crippen molar-refractivity contribution in [2.45, 2.75) is 51.9 Å². The number of rotatable bonds is 5. The molecule has 1 N–H and O–H groups in total. The second kappa shape index (κ2) is 9.57. The third-order valence-corrected chi connectivity index (χ3v) is 5.52. The Bertz CT molecular complexity index is 1110. The van der Waals surface area contributed by atoms with Gasteiger partial charge >= 0.3 is 6.09 Å². The molecule has 0 unspecified atom stereocenters. The normalized spacial score (nSPS) is 14.8. The quantitative estimate of drug-likeness (QED) is 0.582. The molecular weight excluding hydrogens is 420 g/mol. The van der Waals surface area contributed by atoms with Crippen molar-refractivity contribution in [2.75, 3.05) is 13.1 Å². The second-order valence-electron chi connectivity index (χ2n) is 9.22. The molecule has 0 saturated carbocycles. The molecule has 0 spiro atoms. The van der Waals surface area contributed by atoms with E-state index in [0.717, 1.165) is 16.7 Å². The largest absolute Gasteiger partial charge is 0.489 e. The van der Waals surface area contributed by atoms with E-state index in [1.165, 1.54) is 0 Å². The topological polar surface area (TPSA) is 81.0 Å². The molecule has 174 valence electrons. The first-order valence-corrected chi connectivity index (χ1v) is 11.3. The lowest BCUT2D eigenvalue weighted by atomic mass is 10.0. The highest BCUT2D eigenvalue weighted by Crippen LogP contribution is 2.29. The van der Waals surface area contributed by atoms with E-state index in [9.17, 15) is 9.59 Å². The van der Waals surface area contributed by atoms with Gasteiger partial charge in [0, 0.05) is 30.1 Å². The van der Waals surface area contributed by atoms with E-state index in [1.807, 2.05) is 75.4 Å². The van der Waals surface area contributed by atoms with Crippen LogP contribution in [0.4, 0.5) is 4.79 Å². The summed E-state index contributed by atoms with van der Waals surface area (Å²) < 4.78 is 17.3. The molecule has 0 radical (unpaired) electrons. The number of hydrogen-bond acceptors (Lipinski definition) is 5. The summed E-state index contributed by atoms with van der Waals surface area (Å²) >= 11 is 0. The van der Waals surface area contributed by atoms with Crippen LogP contribution in [0.3, 0.4) is 0 Å². The lowest BCUT2D eigenvalue weighted by Crippen LogP contribution is -2.47. The molecule has 4 rings (SSSR count). The number of fused-ring (bicyclic) bond motifs is 1. The molecule has 1 fully saturated rings. The summed E-state index contributed by atoms with van der Waals surface area (Å²) in [6.07, 6.45) is 0.882. The molecule has 3 aromatic rings. The number of carbonyl (C=O) groups excluding carboxylic acids is 2. The van der Waals surface area contributed by atoms with Crippen LogP contribution in [-0.4, -0.2) is 41.6 Å². The van der Waals surface area contributed by atoms with Crippen molar-refractivity contribution in [3.05, 3.63) is 65.9 Å². The number of likely N-dealkylation sites (tertiary alicyclic amines) is 1. The lowest BCUT2D eigenvalue weighted by Gasteiger charge is -2.32. The van der Waals surface area contributed by atoms with Crippen molar-refractivity contribution in [3.8, 4) is 5.75 Å². The average Bonchev–Trinajstić information content (AvgIpc) is 3.16. The van der Waals surface area contributed by atoms with Gasteiger partial charge in [0.2, 0.25) is 0 Å². The Morgan fingerprint density at radius 3 is 2.39 bits per heavy atom. The van der Waals surface area contributed by atoms with E-state index < -0.39 is 11.7 Å². The maximum Gasteiger partial charge on any atom is 0.407 e. The highest BCUT2D eigenvalue weighted by atomic mass is 16.6. The molecular formula is C26H30N2O5. The number of ether oxygens (including phenoxy) is 2. The molecule has 1 aliphatic heterocycles. The SMILES string of the molecule is CC(C)(C)OC(=O)NC1CCN(C(=O)c2oc3ccccc3c2COc2ccccc2)CC1. The van der Waals surface area contributed by atoms with Gasteiger partial charge in [0.15, 0.2) is 5.76 Å². The van der Waals surface area contributed by atoms with Gasteiger partial charge in [-0.1, -0.05) is 36.4 Å². The third-order valence-electron chi connectivity index (χ3n) is 5.52. The Morgan fingerprint density at radius 2 is 1.70 bits per heavy atom. The lowest BCUT2D eigenvalue weighted by molar-refractivity contribution is 0.0470. The smallest absolute Gasteiger partial charge is 0.407 e. The first-order chi connectivity index (χ1) is 15.8. The van der Waals surface area contributed by atoms with E-state index in [-0.39, 0.29) is 18.6 Å². The van der Waals surface area contributed by atoms with Crippen LogP contribution in [-0.2, 0) is 11.3 Å². The van der Waals surface area contributed by atoms with Crippen molar-refractivity contribution >= 4 is 23.0 Å². The molecule has 1 aromatic heterocycles. The van der Waals surface area contributed by atoms with Gasteiger partial charge in [0.25, 0.3) is 5.91 Å². The maximum absolute atomic E-state index is 13.4. The third kappa shape index (κ3) is 5.66. The van der Waals surface area contributed by atoms with Gasteiger partial charge < -0.3 is 24.1 Å². The van der Waals surface area contributed by atoms with E-state index in [4.69, 9.17) is 13.9 Å². The van der Waals surface area contributed by atoms with E-state index in [2.05, 4.69) is 5.32 Å². The maximum atomic E-state index is 13.4. The van der Waals surface area contributed by atoms with Crippen LogP contribution in [0.2, 0.25) is 0 Å². The van der Waals surface area contributed by atoms with Crippen molar-refractivity contribution in [2.24, 2.45) is 0 Å². The highest BCUT2D eigenvalue weighted by molar-refractivity contribution is 5.99. The number of hydrogen-bond donors (Lipinski definition) is 1. The van der Waals surface area contributed by atoms with Gasteiger partial charge in [-0.2, -0.15) is 0 Å². The van der Waals surface area contributed by atoms with Gasteiger partial charge in [-0.05, 0) is 51.8 Å². The van der Waals surface area contributed by atoms with Gasteiger partial charge in [0.05, 0.1) is 0 Å². The summed E-state index contributed by atoms with van der Waals surface area (Å²) in [5.41, 5.74) is 0.864. The minimum Gasteiger partial charge on any atom is -0.489 e. The molecule has 0 atom stereocenters. The van der Waals surface area contributed by atoms with Gasteiger partial charge in [-0.15, -0.1) is 0 Å². The minimum absolute atomic E-state index is 0.0274. The molecule has 7 heteroatoms. The number of nitrogens with zero attached hydrogens (tertiary/aromatic N) is 1. The predicted octanol–water partition coefficient (Wildman–Crippen LogP) is 5.14. The molecule has 2 heterocycles. The summed E-state index contributed by atoms with van der Waals surface area (Å²) in [4.78, 5) is 27.2. The van der Waals surface area contributed by atoms with Gasteiger partial charge in [-0.3, -0.25) is 4.79 Å². The Labute approximate surface area is 193 Å². The minimum atomic E-state index is -0.541. The summed E-state index contributed by atoms with van der Waals surface area (Å²) in [6.45, 7) is 6.78. The molecule has 0 bridgehead atoms. The fourth-order valence-corrected chi connectivity index (χ4v) is 3.93. The van der Waals surface area contributed by atoms with Crippen LogP contribution >= 0.6 is 0 Å². The molecule has 0 aliphatic carbocycles. The average molecular weight is 451 g/mol. The summed E-state index contributed by atoms with van der Waals surface area (Å²) in [7, 11) is 0. The fourth-order valence-electron chi connectivity index (χ4n) is 3.93. The summed E-state index contributed by atoms with van der Waals surface area (Å²) in [6, 6.07) is 17.1. The number of piperidine rings is 1. The van der Waals surface area contributed by atoms with Gasteiger partial charge in [-0.25, -0.2) is 4.79 Å². The number of furan rings is 1. The fraction of sp³-hybridized carbons (Fsp3) is 0.385. The van der Waals surface area contributed by atoms with E-state index in [0.29, 0.717) is 37.3 Å². The van der Waals surface area contributed by atoms with E-state index >= 15 is 0 Å². The first kappa shape index (κ1) is 22.7. The van der Waals surface area contributed by atoms with Crippen LogP contribution < -0.4 is 10.1 Å². The Kier molecular flexibility index (Phi) is 6.58. The Balaban J connectivity index is 1.44. The number of amides is 2. The van der Waals surface area contributed by atoms with E-state index in [1.54, 1.807) is 4.90 Å². The first-order valence-electron chi connectivity index (χ1n) is 11.3. The van der Waals surface area contributed by atoms with Crippen molar-refractivity contribution in [1.29, 1.82) is 0 Å². The number of alkyl carbamates (subject to hydrolysis) is 1. The number of para-hydroxylation sites is 2. The zero-order valence-electron chi connectivity index (χ0n) is 19.3. The molecule has 2 amide bonds. The monoisotopic (exact) mass is 450 g/mol. The zero-order chi connectivity index (χ0) is 23.4. The predicted molar refractivity (Wildman–Crippen MR) is 125 cm³/mol. The van der Waals surface area contributed by atoms with Crippen molar-refractivity contribution < 1.29 is 23.5 Å². The van der Waals surface area contributed by atoms with Crippen LogP contribution in [0.5, 0.6) is 5.75 Å². The number of carbonyl (C=O) groups is 2. The Morgan fingerprint density at radius 1 is 1.03 bits per heavy atom. The van der Waals surface area contributed by atoms with Crippen molar-refractivity contribution in [3.63, 3.8) is 0 Å². The molecule has 1 aliphatic rings. The summed E-state index contributed by atoms with van der Waals surface area (Å²) in [5, 5.41) is 3.78. The highest BCUT2D eigenvalue weighted by Gasteiger charge is 2.30. The second-order valence-corrected chi connectivity index (χ2v) is 9.22. The number of benzene rings is 2. The van der Waals surface area contributed by atoms with Crippen LogP contribution in [0.15, 0.2) is 59.0 Å². The molecule has 7 nitrogen and oxygen atoms in total.